The number of hydrogen-bond donors (Lipinski definition) is 2. The van der Waals surface area contributed by atoms with E-state index in [1.54, 1.807) is 18.4 Å². The molecule has 0 saturated carbocycles. The summed E-state index contributed by atoms with van der Waals surface area (Å²) in [4.78, 5) is 25.9. The second-order valence-electron chi connectivity index (χ2n) is 6.31. The molecule has 0 bridgehead atoms. The molecule has 2 N–H and O–H groups in total. The summed E-state index contributed by atoms with van der Waals surface area (Å²) >= 11 is 1.54. The summed E-state index contributed by atoms with van der Waals surface area (Å²) in [5, 5.41) is 6.30. The van der Waals surface area contributed by atoms with Gasteiger partial charge in [-0.15, -0.1) is 11.3 Å². The van der Waals surface area contributed by atoms with Crippen molar-refractivity contribution in [3.05, 3.63) is 46.3 Å². The molecule has 1 aromatic carbocycles. The number of amides is 2. The average Bonchev–Trinajstić information content (AvgIpc) is 2.83. The predicted molar refractivity (Wildman–Crippen MR) is 104 cm³/mol. The highest BCUT2D eigenvalue weighted by Gasteiger charge is 2.25. The first-order valence-electron chi connectivity index (χ1n) is 9.03. The molecule has 1 aliphatic rings. The molecule has 2 aromatic rings. The summed E-state index contributed by atoms with van der Waals surface area (Å²) in [5.41, 5.74) is 1.76. The molecule has 0 atom stereocenters. The lowest BCUT2D eigenvalue weighted by molar-refractivity contribution is -0.116. The molecule has 1 aromatic heterocycles. The molecule has 138 valence electrons. The zero-order valence-electron chi connectivity index (χ0n) is 15.0. The Balaban J connectivity index is 1.66. The Morgan fingerprint density at radius 2 is 1.88 bits per heavy atom. The topological polar surface area (TPSA) is 67.4 Å². The van der Waals surface area contributed by atoms with Crippen molar-refractivity contribution < 1.29 is 14.3 Å². The molecule has 1 heterocycles. The van der Waals surface area contributed by atoms with Crippen molar-refractivity contribution in [3.63, 3.8) is 0 Å². The molecule has 0 unspecified atom stereocenters. The van der Waals surface area contributed by atoms with Gasteiger partial charge >= 0.3 is 0 Å². The Hall–Kier alpha value is -2.34. The van der Waals surface area contributed by atoms with Gasteiger partial charge in [0.05, 0.1) is 18.6 Å². The number of hydrogen-bond acceptors (Lipinski definition) is 4. The second-order valence-corrected chi connectivity index (χ2v) is 7.41. The van der Waals surface area contributed by atoms with E-state index >= 15 is 0 Å². The van der Waals surface area contributed by atoms with Crippen LogP contribution in [0.4, 0.5) is 5.00 Å². The summed E-state index contributed by atoms with van der Waals surface area (Å²) in [6, 6.07) is 9.42. The lowest BCUT2D eigenvalue weighted by Crippen LogP contribution is -2.22. The Labute approximate surface area is 157 Å². The highest BCUT2D eigenvalue weighted by molar-refractivity contribution is 7.17. The van der Waals surface area contributed by atoms with Crippen LogP contribution in [0.1, 0.15) is 46.5 Å². The Kier molecular flexibility index (Phi) is 6.28. The largest absolute Gasteiger partial charge is 0.493 e. The molecule has 6 heteroatoms. The van der Waals surface area contributed by atoms with Crippen LogP contribution in [0, 0.1) is 0 Å². The maximum Gasteiger partial charge on any atom is 0.254 e. The van der Waals surface area contributed by atoms with Crippen molar-refractivity contribution in [2.75, 3.05) is 19.0 Å². The third kappa shape index (κ3) is 4.43. The van der Waals surface area contributed by atoms with Crippen molar-refractivity contribution in [1.82, 2.24) is 5.32 Å². The van der Waals surface area contributed by atoms with Gasteiger partial charge in [0, 0.05) is 11.9 Å². The number of anilines is 1. The molecular weight excluding hydrogens is 348 g/mol. The molecule has 0 saturated heterocycles. The summed E-state index contributed by atoms with van der Waals surface area (Å²) in [6.45, 7) is 0.302. The Morgan fingerprint density at radius 1 is 1.12 bits per heavy atom. The summed E-state index contributed by atoms with van der Waals surface area (Å²) in [6.07, 6.45) is 5.54. The van der Waals surface area contributed by atoms with E-state index in [1.165, 1.54) is 11.3 Å². The number of ether oxygens (including phenoxy) is 1. The van der Waals surface area contributed by atoms with Crippen LogP contribution >= 0.6 is 11.3 Å². The number of aryl methyl sites for hydroxylation is 1. The first kappa shape index (κ1) is 18.5. The van der Waals surface area contributed by atoms with Gasteiger partial charge in [-0.25, -0.2) is 0 Å². The van der Waals surface area contributed by atoms with E-state index in [-0.39, 0.29) is 18.2 Å². The van der Waals surface area contributed by atoms with Gasteiger partial charge in [-0.2, -0.15) is 0 Å². The van der Waals surface area contributed by atoms with E-state index in [1.807, 2.05) is 30.3 Å². The van der Waals surface area contributed by atoms with E-state index < -0.39 is 0 Å². The van der Waals surface area contributed by atoms with E-state index in [2.05, 4.69) is 10.6 Å². The van der Waals surface area contributed by atoms with Crippen molar-refractivity contribution in [3.8, 4) is 5.75 Å². The van der Waals surface area contributed by atoms with Gasteiger partial charge in [-0.1, -0.05) is 24.6 Å². The average molecular weight is 372 g/mol. The molecule has 0 fully saturated rings. The number of benzene rings is 1. The van der Waals surface area contributed by atoms with Gasteiger partial charge < -0.3 is 15.4 Å². The van der Waals surface area contributed by atoms with Crippen LogP contribution in [-0.2, 0) is 17.6 Å². The lowest BCUT2D eigenvalue weighted by Gasteiger charge is -2.09. The number of carbonyl (C=O) groups excluding carboxylic acids is 2. The van der Waals surface area contributed by atoms with Crippen LogP contribution < -0.4 is 15.4 Å². The number of para-hydroxylation sites is 1. The van der Waals surface area contributed by atoms with Crippen LogP contribution in [0.15, 0.2) is 30.3 Å². The monoisotopic (exact) mass is 372 g/mol. The molecule has 1 aliphatic carbocycles. The normalized spacial score (nSPS) is 13.4. The van der Waals surface area contributed by atoms with Crippen molar-refractivity contribution in [2.24, 2.45) is 0 Å². The third-order valence-electron chi connectivity index (χ3n) is 4.47. The molecule has 0 aliphatic heterocycles. The fraction of sp³-hybridized carbons (Fsp3) is 0.400. The van der Waals surface area contributed by atoms with Gasteiger partial charge in [0.25, 0.3) is 5.91 Å². The Bertz CT molecular complexity index is 771. The Morgan fingerprint density at radius 3 is 2.65 bits per heavy atom. The highest BCUT2D eigenvalue weighted by Crippen LogP contribution is 2.37. The zero-order valence-corrected chi connectivity index (χ0v) is 15.8. The fourth-order valence-electron chi connectivity index (χ4n) is 3.16. The minimum atomic E-state index is -0.137. The van der Waals surface area contributed by atoms with Crippen LogP contribution in [0.3, 0.4) is 0 Å². The van der Waals surface area contributed by atoms with Crippen LogP contribution in [-0.4, -0.2) is 25.5 Å². The lowest BCUT2D eigenvalue weighted by atomic mass is 10.0. The first-order valence-corrected chi connectivity index (χ1v) is 9.85. The summed E-state index contributed by atoms with van der Waals surface area (Å²) in [7, 11) is 1.63. The van der Waals surface area contributed by atoms with Crippen molar-refractivity contribution >= 4 is 28.2 Å². The number of fused-ring (bicyclic) bond motifs is 1. The minimum Gasteiger partial charge on any atom is -0.493 e. The van der Waals surface area contributed by atoms with E-state index in [9.17, 15) is 9.59 Å². The molecule has 0 spiro atoms. The third-order valence-corrected chi connectivity index (χ3v) is 5.68. The maximum absolute atomic E-state index is 12.4. The van der Waals surface area contributed by atoms with E-state index in [4.69, 9.17) is 4.74 Å². The fourth-order valence-corrected chi connectivity index (χ4v) is 4.47. The van der Waals surface area contributed by atoms with Crippen LogP contribution in [0.2, 0.25) is 0 Å². The molecule has 5 nitrogen and oxygen atoms in total. The van der Waals surface area contributed by atoms with Crippen LogP contribution in [0.25, 0.3) is 0 Å². The minimum absolute atomic E-state index is 0.125. The van der Waals surface area contributed by atoms with Crippen LogP contribution in [0.5, 0.6) is 5.75 Å². The SMILES string of the molecule is CNC(=O)c1c(NC(=O)CCOc2ccccc2)sc2c1CCCCC2. The van der Waals surface area contributed by atoms with Gasteiger partial charge in [-0.05, 0) is 43.4 Å². The van der Waals surface area contributed by atoms with Crippen molar-refractivity contribution in [1.29, 1.82) is 0 Å². The second kappa shape index (κ2) is 8.85. The molecule has 26 heavy (non-hydrogen) atoms. The molecule has 2 amide bonds. The number of nitrogens with one attached hydrogen (secondary N) is 2. The summed E-state index contributed by atoms with van der Waals surface area (Å²) < 4.78 is 5.57. The van der Waals surface area contributed by atoms with Gasteiger partial charge in [0.2, 0.25) is 5.91 Å². The van der Waals surface area contributed by atoms with E-state index in [0.29, 0.717) is 17.2 Å². The number of thiophene rings is 1. The van der Waals surface area contributed by atoms with Crippen molar-refractivity contribution in [2.45, 2.75) is 38.5 Å². The van der Waals surface area contributed by atoms with E-state index in [0.717, 1.165) is 37.0 Å². The molecule has 3 rings (SSSR count). The standard InChI is InChI=1S/C20H24N2O3S/c1-21-19(24)18-15-10-6-3-7-11-16(15)26-20(18)22-17(23)12-13-25-14-8-4-2-5-9-14/h2,4-5,8-9H,3,6-7,10-13H2,1H3,(H,21,24)(H,22,23). The smallest absolute Gasteiger partial charge is 0.254 e. The number of rotatable bonds is 6. The molecule has 0 radical (unpaired) electrons. The predicted octanol–water partition coefficient (Wildman–Crippen LogP) is 3.78. The van der Waals surface area contributed by atoms with Gasteiger partial charge in [-0.3, -0.25) is 9.59 Å². The van der Waals surface area contributed by atoms with Gasteiger partial charge in [0.15, 0.2) is 0 Å². The number of carbonyl (C=O) groups is 2. The zero-order chi connectivity index (χ0) is 18.4. The highest BCUT2D eigenvalue weighted by atomic mass is 32.1. The maximum atomic E-state index is 12.4. The quantitative estimate of drug-likeness (QED) is 0.758. The summed E-state index contributed by atoms with van der Waals surface area (Å²) in [5.74, 6) is 0.483. The van der Waals surface area contributed by atoms with Gasteiger partial charge in [0.1, 0.15) is 10.8 Å². The first-order chi connectivity index (χ1) is 12.7. The molecular formula is C20H24N2O3S.